The van der Waals surface area contributed by atoms with Gasteiger partial charge in [0.05, 0.1) is 6.54 Å². The Morgan fingerprint density at radius 1 is 1.19 bits per heavy atom. The molecule has 0 radical (unpaired) electrons. The molecule has 0 bridgehead atoms. The van der Waals surface area contributed by atoms with Crippen LogP contribution in [0.15, 0.2) is 47.6 Å². The van der Waals surface area contributed by atoms with Crippen LogP contribution < -0.4 is 16.0 Å². The fraction of sp³-hybridized carbons (Fsp3) is 0.333. The number of rotatable bonds is 6. The number of piperazine rings is 1. The zero-order valence-corrected chi connectivity index (χ0v) is 20.3. The van der Waals surface area contributed by atoms with Crippen LogP contribution in [0.25, 0.3) is 0 Å². The second-order valence-corrected chi connectivity index (χ2v) is 7.25. The molecule has 1 fully saturated rings. The molecular weight excluding hydrogens is 531 g/mol. The van der Waals surface area contributed by atoms with Crippen LogP contribution in [-0.4, -0.2) is 60.9 Å². The lowest BCUT2D eigenvalue weighted by Gasteiger charge is -2.26. The molecule has 1 aliphatic heterocycles. The second kappa shape index (κ2) is 12.5. The Morgan fingerprint density at radius 2 is 1.94 bits per heavy atom. The van der Waals surface area contributed by atoms with E-state index in [4.69, 9.17) is 11.6 Å². The first kappa shape index (κ1) is 24.9. The van der Waals surface area contributed by atoms with E-state index < -0.39 is 0 Å². The highest BCUT2D eigenvalue weighted by Crippen LogP contribution is 2.09. The number of halogens is 2. The van der Waals surface area contributed by atoms with E-state index in [1.54, 1.807) is 36.3 Å². The predicted octanol–water partition coefficient (Wildman–Crippen LogP) is 1.83. The maximum atomic E-state index is 12.5. The maximum absolute atomic E-state index is 12.5. The molecule has 0 aliphatic carbocycles. The number of pyridine rings is 1. The summed E-state index contributed by atoms with van der Waals surface area (Å²) in [7, 11) is 1.72. The Bertz CT molecular complexity index is 905. The van der Waals surface area contributed by atoms with Gasteiger partial charge in [-0.25, -0.2) is 4.98 Å². The van der Waals surface area contributed by atoms with Gasteiger partial charge < -0.3 is 20.9 Å². The smallest absolute Gasteiger partial charge is 0.254 e. The van der Waals surface area contributed by atoms with Crippen LogP contribution in [0.3, 0.4) is 0 Å². The lowest BCUT2D eigenvalue weighted by molar-refractivity contribution is -0.123. The van der Waals surface area contributed by atoms with Gasteiger partial charge in [-0.3, -0.25) is 14.6 Å². The van der Waals surface area contributed by atoms with E-state index in [0.29, 0.717) is 42.9 Å². The van der Waals surface area contributed by atoms with E-state index in [1.807, 2.05) is 18.2 Å². The standard InChI is InChI=1S/C21H25ClN6O2.HI/c1-23-21(25-9-8-16-4-7-18(22)26-12-16)27-13-15-2-5-17(6-3-15)20(30)28-11-10-24-19(29)14-28;/h2-7,12H,8-11,13-14H2,1H3,(H,24,29)(H2,23,25,27);1H. The van der Waals surface area contributed by atoms with Gasteiger partial charge in [0.1, 0.15) is 5.15 Å². The van der Waals surface area contributed by atoms with Crippen molar-refractivity contribution < 1.29 is 9.59 Å². The number of aromatic nitrogens is 1. The first-order valence-corrected chi connectivity index (χ1v) is 10.1. The van der Waals surface area contributed by atoms with Crippen LogP contribution in [0.5, 0.6) is 0 Å². The van der Waals surface area contributed by atoms with Crippen LogP contribution in [0.2, 0.25) is 5.15 Å². The molecule has 0 unspecified atom stereocenters. The second-order valence-electron chi connectivity index (χ2n) is 6.87. The molecule has 2 heterocycles. The molecule has 10 heteroatoms. The zero-order valence-electron chi connectivity index (χ0n) is 17.2. The van der Waals surface area contributed by atoms with Crippen molar-refractivity contribution in [3.05, 3.63) is 64.4 Å². The summed E-state index contributed by atoms with van der Waals surface area (Å²) < 4.78 is 0. The summed E-state index contributed by atoms with van der Waals surface area (Å²) in [5, 5.41) is 9.72. The Morgan fingerprint density at radius 3 is 2.58 bits per heavy atom. The molecule has 0 atom stereocenters. The highest BCUT2D eigenvalue weighted by molar-refractivity contribution is 14.0. The summed E-state index contributed by atoms with van der Waals surface area (Å²) in [5.41, 5.74) is 2.69. The van der Waals surface area contributed by atoms with E-state index in [2.05, 4.69) is 25.9 Å². The fourth-order valence-corrected chi connectivity index (χ4v) is 3.16. The summed E-state index contributed by atoms with van der Waals surface area (Å²) in [6.45, 7) is 2.41. The third-order valence-electron chi connectivity index (χ3n) is 4.70. The van der Waals surface area contributed by atoms with Crippen LogP contribution in [-0.2, 0) is 17.8 Å². The summed E-state index contributed by atoms with van der Waals surface area (Å²) in [5.74, 6) is 0.441. The summed E-state index contributed by atoms with van der Waals surface area (Å²) >= 11 is 5.80. The van der Waals surface area contributed by atoms with Gasteiger partial charge in [0, 0.05) is 45.0 Å². The van der Waals surface area contributed by atoms with Gasteiger partial charge in [0.15, 0.2) is 5.96 Å². The number of amides is 2. The van der Waals surface area contributed by atoms with Crippen molar-refractivity contribution in [1.82, 2.24) is 25.8 Å². The number of hydrogen-bond acceptors (Lipinski definition) is 4. The van der Waals surface area contributed by atoms with Crippen molar-refractivity contribution in [1.29, 1.82) is 0 Å². The van der Waals surface area contributed by atoms with Gasteiger partial charge in [-0.15, -0.1) is 24.0 Å². The Kier molecular flexibility index (Phi) is 9.99. The van der Waals surface area contributed by atoms with E-state index in [-0.39, 0.29) is 42.3 Å². The van der Waals surface area contributed by atoms with Crippen LogP contribution >= 0.6 is 35.6 Å². The minimum Gasteiger partial charge on any atom is -0.356 e. The minimum atomic E-state index is -0.126. The highest BCUT2D eigenvalue weighted by atomic mass is 127. The Balaban J connectivity index is 0.00000341. The van der Waals surface area contributed by atoms with Gasteiger partial charge in [0.2, 0.25) is 5.91 Å². The molecule has 3 rings (SSSR count). The van der Waals surface area contributed by atoms with Crippen molar-refractivity contribution in [3.8, 4) is 0 Å². The molecule has 2 amide bonds. The lowest BCUT2D eigenvalue weighted by Crippen LogP contribution is -2.49. The van der Waals surface area contributed by atoms with E-state index in [1.165, 1.54) is 0 Å². The topological polar surface area (TPSA) is 98.7 Å². The van der Waals surface area contributed by atoms with Crippen molar-refractivity contribution >= 4 is 53.4 Å². The molecule has 166 valence electrons. The zero-order chi connectivity index (χ0) is 21.3. The van der Waals surface area contributed by atoms with Crippen LogP contribution in [0.1, 0.15) is 21.5 Å². The number of aliphatic imine (C=N–C) groups is 1. The quantitative estimate of drug-likeness (QED) is 0.218. The highest BCUT2D eigenvalue weighted by Gasteiger charge is 2.22. The average Bonchev–Trinajstić information content (AvgIpc) is 2.77. The SMILES string of the molecule is CN=C(NCCc1ccc(Cl)nc1)NCc1ccc(C(=O)N2CCNC(=O)C2)cc1.I. The fourth-order valence-electron chi connectivity index (χ4n) is 3.05. The predicted molar refractivity (Wildman–Crippen MR) is 132 cm³/mol. The molecule has 8 nitrogen and oxygen atoms in total. The number of nitrogens with zero attached hydrogens (tertiary/aromatic N) is 3. The molecule has 1 aromatic carbocycles. The lowest BCUT2D eigenvalue weighted by atomic mass is 10.1. The number of hydrogen-bond donors (Lipinski definition) is 3. The van der Waals surface area contributed by atoms with Crippen molar-refractivity contribution in [3.63, 3.8) is 0 Å². The van der Waals surface area contributed by atoms with Gasteiger partial charge in [0.25, 0.3) is 5.91 Å². The molecule has 31 heavy (non-hydrogen) atoms. The number of carbonyl (C=O) groups is 2. The normalized spacial score (nSPS) is 13.8. The van der Waals surface area contributed by atoms with Crippen LogP contribution in [0.4, 0.5) is 0 Å². The van der Waals surface area contributed by atoms with Crippen molar-refractivity contribution in [2.75, 3.05) is 33.2 Å². The first-order chi connectivity index (χ1) is 14.5. The van der Waals surface area contributed by atoms with E-state index >= 15 is 0 Å². The largest absolute Gasteiger partial charge is 0.356 e. The number of carbonyl (C=O) groups excluding carboxylic acids is 2. The van der Waals surface area contributed by atoms with Crippen molar-refractivity contribution in [2.45, 2.75) is 13.0 Å². The molecule has 3 N–H and O–H groups in total. The van der Waals surface area contributed by atoms with Gasteiger partial charge in [-0.05, 0) is 35.7 Å². The number of benzene rings is 1. The maximum Gasteiger partial charge on any atom is 0.254 e. The van der Waals surface area contributed by atoms with E-state index in [9.17, 15) is 9.59 Å². The number of nitrogens with one attached hydrogen (secondary N) is 3. The van der Waals surface area contributed by atoms with Crippen LogP contribution in [0, 0.1) is 0 Å². The van der Waals surface area contributed by atoms with Gasteiger partial charge in [-0.1, -0.05) is 29.8 Å². The summed E-state index contributed by atoms with van der Waals surface area (Å²) in [4.78, 5) is 33.8. The minimum absolute atomic E-state index is 0. The van der Waals surface area contributed by atoms with Crippen molar-refractivity contribution in [2.24, 2.45) is 4.99 Å². The molecule has 1 saturated heterocycles. The molecule has 1 aromatic heterocycles. The molecule has 2 aromatic rings. The average molecular weight is 557 g/mol. The molecule has 1 aliphatic rings. The molecule has 0 saturated carbocycles. The molecule has 0 spiro atoms. The number of guanidine groups is 1. The van der Waals surface area contributed by atoms with E-state index in [0.717, 1.165) is 17.5 Å². The Hall–Kier alpha value is -2.40. The monoisotopic (exact) mass is 556 g/mol. The molecular formula is C21H26ClIN6O2. The Labute approximate surface area is 203 Å². The summed E-state index contributed by atoms with van der Waals surface area (Å²) in [6, 6.07) is 11.1. The van der Waals surface area contributed by atoms with Gasteiger partial charge >= 0.3 is 0 Å². The summed E-state index contributed by atoms with van der Waals surface area (Å²) in [6.07, 6.45) is 2.57. The third kappa shape index (κ3) is 7.66. The van der Waals surface area contributed by atoms with Gasteiger partial charge in [-0.2, -0.15) is 0 Å². The first-order valence-electron chi connectivity index (χ1n) is 9.75. The third-order valence-corrected chi connectivity index (χ3v) is 4.93.